The number of alkyl halides is 1. The topological polar surface area (TPSA) is 0 Å². The van der Waals surface area contributed by atoms with Gasteiger partial charge in [0.1, 0.15) is 0 Å². The molecule has 0 radical (unpaired) electrons. The Hall–Kier alpha value is 0.840. The minimum absolute atomic E-state index is 0.894. The van der Waals surface area contributed by atoms with E-state index in [0.717, 1.165) is 23.2 Å². The molecule has 2 rings (SSSR count). The van der Waals surface area contributed by atoms with Crippen LogP contribution >= 0.6 is 79.6 Å². The lowest BCUT2D eigenvalue weighted by Crippen LogP contribution is -1.76. The van der Waals surface area contributed by atoms with E-state index in [2.05, 4.69) is 111 Å². The van der Waals surface area contributed by atoms with E-state index in [-0.39, 0.29) is 0 Å². The van der Waals surface area contributed by atoms with Gasteiger partial charge in [-0.25, -0.2) is 0 Å². The fourth-order valence-electron chi connectivity index (χ4n) is 1.38. The number of rotatable bonds is 1. The molecular formula is C14H11Br5. The maximum Gasteiger partial charge on any atom is 0.0283 e. The predicted molar refractivity (Wildman–Crippen MR) is 101 cm³/mol. The van der Waals surface area contributed by atoms with Crippen molar-refractivity contribution < 1.29 is 0 Å². The highest BCUT2D eigenvalue weighted by Crippen LogP contribution is 2.21. The van der Waals surface area contributed by atoms with Crippen molar-refractivity contribution in [3.05, 3.63) is 65.4 Å². The summed E-state index contributed by atoms with van der Waals surface area (Å²) in [5.41, 5.74) is 2.53. The van der Waals surface area contributed by atoms with Crippen LogP contribution < -0.4 is 0 Å². The Morgan fingerprint density at radius 2 is 1.05 bits per heavy atom. The van der Waals surface area contributed by atoms with Crippen LogP contribution in [-0.2, 0) is 5.33 Å². The summed E-state index contributed by atoms with van der Waals surface area (Å²) in [6.45, 7) is 2.06. The van der Waals surface area contributed by atoms with Gasteiger partial charge in [0.2, 0.25) is 0 Å². The summed E-state index contributed by atoms with van der Waals surface area (Å²) < 4.78 is 4.46. The van der Waals surface area contributed by atoms with Gasteiger partial charge in [-0.3, -0.25) is 0 Å². The molecule has 0 saturated heterocycles. The molecule has 0 N–H and O–H groups in total. The molecule has 0 aliphatic heterocycles. The summed E-state index contributed by atoms with van der Waals surface area (Å²) in [4.78, 5) is 0. The number of hydrogen-bond acceptors (Lipinski definition) is 0. The van der Waals surface area contributed by atoms with E-state index in [1.54, 1.807) is 0 Å². The first-order chi connectivity index (χ1) is 8.90. The van der Waals surface area contributed by atoms with Crippen molar-refractivity contribution in [2.75, 3.05) is 0 Å². The van der Waals surface area contributed by atoms with Crippen molar-refractivity contribution in [1.82, 2.24) is 0 Å². The quantitative estimate of drug-likeness (QED) is 0.305. The lowest BCUT2D eigenvalue weighted by Gasteiger charge is -1.97. The molecule has 0 saturated carbocycles. The van der Waals surface area contributed by atoms with Gasteiger partial charge in [-0.2, -0.15) is 0 Å². The van der Waals surface area contributed by atoms with Crippen LogP contribution in [0.15, 0.2) is 54.3 Å². The van der Waals surface area contributed by atoms with Gasteiger partial charge in [0.15, 0.2) is 0 Å². The Balaban J connectivity index is 0.000000191. The van der Waals surface area contributed by atoms with Gasteiger partial charge in [0.25, 0.3) is 0 Å². The van der Waals surface area contributed by atoms with E-state index in [1.807, 2.05) is 12.1 Å². The van der Waals surface area contributed by atoms with E-state index in [4.69, 9.17) is 0 Å². The fraction of sp³-hybridized carbons (Fsp3) is 0.143. The molecule has 102 valence electrons. The molecule has 0 aliphatic carbocycles. The monoisotopic (exact) mass is 574 g/mol. The van der Waals surface area contributed by atoms with Crippen molar-refractivity contribution >= 4 is 79.6 Å². The molecule has 0 aliphatic rings. The van der Waals surface area contributed by atoms with Crippen molar-refractivity contribution in [3.8, 4) is 0 Å². The third-order valence-corrected chi connectivity index (χ3v) is 4.56. The van der Waals surface area contributed by atoms with Gasteiger partial charge in [0.05, 0.1) is 0 Å². The Morgan fingerprint density at radius 1 is 0.684 bits per heavy atom. The second-order valence-corrected chi connectivity index (χ2v) is 8.08. The summed E-state index contributed by atoms with van der Waals surface area (Å²) in [6.07, 6.45) is 0. The molecule has 2 aromatic carbocycles. The smallest absolute Gasteiger partial charge is 0.0283 e. The van der Waals surface area contributed by atoms with Gasteiger partial charge >= 0.3 is 0 Å². The van der Waals surface area contributed by atoms with Crippen molar-refractivity contribution in [2.24, 2.45) is 0 Å². The zero-order valence-electron chi connectivity index (χ0n) is 10.1. The summed E-state index contributed by atoms with van der Waals surface area (Å²) >= 11 is 17.0. The van der Waals surface area contributed by atoms with Crippen LogP contribution in [-0.4, -0.2) is 0 Å². The number of benzene rings is 2. The van der Waals surface area contributed by atoms with Crippen LogP contribution in [0.1, 0.15) is 11.1 Å². The van der Waals surface area contributed by atoms with Gasteiger partial charge in [-0.1, -0.05) is 79.6 Å². The Morgan fingerprint density at radius 3 is 1.37 bits per heavy atom. The minimum Gasteiger partial charge on any atom is -0.0876 e. The van der Waals surface area contributed by atoms with Crippen molar-refractivity contribution in [2.45, 2.75) is 12.3 Å². The summed E-state index contributed by atoms with van der Waals surface area (Å²) in [5.74, 6) is 0. The molecule has 0 heterocycles. The fourth-order valence-corrected chi connectivity index (χ4v) is 4.61. The lowest BCUT2D eigenvalue weighted by atomic mass is 10.2. The second kappa shape index (κ2) is 8.98. The largest absolute Gasteiger partial charge is 0.0876 e. The molecule has 0 fully saturated rings. The van der Waals surface area contributed by atoms with Crippen molar-refractivity contribution in [1.29, 1.82) is 0 Å². The Labute approximate surface area is 156 Å². The van der Waals surface area contributed by atoms with Crippen LogP contribution in [0.3, 0.4) is 0 Å². The second-order valence-electron chi connectivity index (χ2n) is 3.86. The van der Waals surface area contributed by atoms with Crippen LogP contribution in [0.5, 0.6) is 0 Å². The van der Waals surface area contributed by atoms with Crippen LogP contribution in [0.4, 0.5) is 0 Å². The number of halogens is 5. The molecule has 0 nitrogen and oxygen atoms in total. The molecule has 5 heteroatoms. The van der Waals surface area contributed by atoms with Crippen LogP contribution in [0, 0.1) is 6.92 Å². The molecule has 0 aromatic heterocycles. The minimum atomic E-state index is 0.894. The first kappa shape index (κ1) is 17.9. The standard InChI is InChI=1S/C7H5Br3.C7H6Br2/c8-4-5-1-6(9)3-7(10)2-5;1-5-2-6(8)4-7(9)3-5/h1-3H,4H2;2-4H,1H3. The molecule has 0 bridgehead atoms. The van der Waals surface area contributed by atoms with Crippen molar-refractivity contribution in [3.63, 3.8) is 0 Å². The number of aryl methyl sites for hydroxylation is 1. The first-order valence-electron chi connectivity index (χ1n) is 5.34. The first-order valence-corrected chi connectivity index (χ1v) is 9.63. The maximum absolute atomic E-state index is 3.40. The molecular weight excluding hydrogens is 568 g/mol. The maximum atomic E-state index is 3.40. The molecule has 0 spiro atoms. The lowest BCUT2D eigenvalue weighted by molar-refractivity contribution is 1.40. The van der Waals surface area contributed by atoms with Gasteiger partial charge in [-0.05, 0) is 54.4 Å². The molecule has 0 atom stereocenters. The van der Waals surface area contributed by atoms with E-state index in [0.29, 0.717) is 0 Å². The Bertz CT molecular complexity index is 481. The van der Waals surface area contributed by atoms with E-state index < -0.39 is 0 Å². The third-order valence-electron chi connectivity index (χ3n) is 2.08. The zero-order chi connectivity index (χ0) is 14.4. The Kier molecular flexibility index (Phi) is 8.46. The van der Waals surface area contributed by atoms with Crippen LogP contribution in [0.25, 0.3) is 0 Å². The number of hydrogen-bond donors (Lipinski definition) is 0. The highest BCUT2D eigenvalue weighted by molar-refractivity contribution is 9.11. The van der Waals surface area contributed by atoms with Crippen LogP contribution in [0.2, 0.25) is 0 Å². The SMILES string of the molecule is BrCc1cc(Br)cc(Br)c1.Cc1cc(Br)cc(Br)c1. The average Bonchev–Trinajstić information content (AvgIpc) is 2.26. The van der Waals surface area contributed by atoms with E-state index in [9.17, 15) is 0 Å². The molecule has 0 amide bonds. The van der Waals surface area contributed by atoms with Gasteiger partial charge in [-0.15, -0.1) is 0 Å². The summed E-state index contributed by atoms with van der Waals surface area (Å²) in [5, 5.41) is 0.894. The molecule has 0 unspecified atom stereocenters. The summed E-state index contributed by atoms with van der Waals surface area (Å²) in [7, 11) is 0. The van der Waals surface area contributed by atoms with Gasteiger partial charge in [0, 0.05) is 23.2 Å². The molecule has 2 aromatic rings. The zero-order valence-corrected chi connectivity index (χ0v) is 18.0. The highest BCUT2D eigenvalue weighted by Gasteiger charge is 1.94. The highest BCUT2D eigenvalue weighted by atomic mass is 79.9. The predicted octanol–water partition coefficient (Wildman–Crippen LogP) is 7.63. The third kappa shape index (κ3) is 7.42. The van der Waals surface area contributed by atoms with E-state index in [1.165, 1.54) is 11.1 Å². The van der Waals surface area contributed by atoms with E-state index >= 15 is 0 Å². The summed E-state index contributed by atoms with van der Waals surface area (Å²) in [6, 6.07) is 12.4. The average molecular weight is 579 g/mol. The van der Waals surface area contributed by atoms with Gasteiger partial charge < -0.3 is 0 Å². The molecule has 19 heavy (non-hydrogen) atoms. The normalized spacial score (nSPS) is 9.79.